The minimum Gasteiger partial charge on any atom is -0.454 e. The van der Waals surface area contributed by atoms with Crippen molar-refractivity contribution in [3.63, 3.8) is 0 Å². The van der Waals surface area contributed by atoms with Gasteiger partial charge in [0.25, 0.3) is 0 Å². The summed E-state index contributed by atoms with van der Waals surface area (Å²) >= 11 is 0. The Hall–Kier alpha value is -2.43. The second-order valence-electron chi connectivity index (χ2n) is 6.06. The quantitative estimate of drug-likeness (QED) is 0.944. The van der Waals surface area contributed by atoms with Gasteiger partial charge >= 0.3 is 0 Å². The van der Waals surface area contributed by atoms with Crippen LogP contribution in [0.5, 0.6) is 11.5 Å². The standard InChI is InChI=1S/C18H20N2O3/c21-18(20-10-2-4-15(20)14-3-1-9-19-14)8-6-13-5-7-16-17(11-13)23-12-22-16/h1,3,5,7,9,11,15,19H,2,4,6,8,10,12H2/t15-/m0/s1. The number of carbonyl (C=O) groups is 1. The van der Waals surface area contributed by atoms with Crippen molar-refractivity contribution in [2.24, 2.45) is 0 Å². The number of hydrogen-bond acceptors (Lipinski definition) is 3. The highest BCUT2D eigenvalue weighted by molar-refractivity contribution is 5.77. The number of aryl methyl sites for hydroxylation is 1. The molecule has 3 heterocycles. The first-order valence-corrected chi connectivity index (χ1v) is 8.12. The lowest BCUT2D eigenvalue weighted by Gasteiger charge is -2.24. The topological polar surface area (TPSA) is 54.6 Å². The highest BCUT2D eigenvalue weighted by Gasteiger charge is 2.30. The van der Waals surface area contributed by atoms with Gasteiger partial charge in [0, 0.05) is 24.9 Å². The Morgan fingerprint density at radius 1 is 1.26 bits per heavy atom. The van der Waals surface area contributed by atoms with Gasteiger partial charge in [-0.25, -0.2) is 0 Å². The molecule has 2 aromatic rings. The number of ether oxygens (including phenoxy) is 2. The zero-order chi connectivity index (χ0) is 15.6. The van der Waals surface area contributed by atoms with E-state index in [0.717, 1.165) is 48.6 Å². The number of carbonyl (C=O) groups excluding carboxylic acids is 1. The second-order valence-corrected chi connectivity index (χ2v) is 6.06. The Balaban J connectivity index is 1.40. The summed E-state index contributed by atoms with van der Waals surface area (Å²) in [5.41, 5.74) is 2.25. The van der Waals surface area contributed by atoms with Crippen LogP contribution in [-0.2, 0) is 11.2 Å². The Morgan fingerprint density at radius 2 is 2.17 bits per heavy atom. The molecule has 1 fully saturated rings. The average Bonchev–Trinajstić information content (AvgIpc) is 3.32. The van der Waals surface area contributed by atoms with Gasteiger partial charge < -0.3 is 19.4 Å². The zero-order valence-electron chi connectivity index (χ0n) is 13.0. The number of hydrogen-bond donors (Lipinski definition) is 1. The Bertz CT molecular complexity index is 696. The maximum atomic E-state index is 12.6. The largest absolute Gasteiger partial charge is 0.454 e. The summed E-state index contributed by atoms with van der Waals surface area (Å²) in [6.45, 7) is 1.13. The number of amides is 1. The molecule has 1 saturated heterocycles. The molecule has 2 aliphatic heterocycles. The fourth-order valence-electron chi connectivity index (χ4n) is 3.43. The molecule has 0 bridgehead atoms. The van der Waals surface area contributed by atoms with E-state index >= 15 is 0 Å². The molecule has 0 saturated carbocycles. The molecule has 0 radical (unpaired) electrons. The lowest BCUT2D eigenvalue weighted by atomic mass is 10.1. The molecule has 5 nitrogen and oxygen atoms in total. The summed E-state index contributed by atoms with van der Waals surface area (Å²) in [6.07, 6.45) is 5.28. The lowest BCUT2D eigenvalue weighted by Crippen LogP contribution is -2.30. The van der Waals surface area contributed by atoms with E-state index in [0.29, 0.717) is 6.42 Å². The first kappa shape index (κ1) is 14.2. The maximum Gasteiger partial charge on any atom is 0.231 e. The molecule has 5 heteroatoms. The molecule has 2 aliphatic rings. The molecule has 1 N–H and O–H groups in total. The van der Waals surface area contributed by atoms with Crippen molar-refractivity contribution < 1.29 is 14.3 Å². The van der Waals surface area contributed by atoms with E-state index in [1.54, 1.807) is 0 Å². The van der Waals surface area contributed by atoms with E-state index in [9.17, 15) is 4.79 Å². The summed E-state index contributed by atoms with van der Waals surface area (Å²) in [4.78, 5) is 17.9. The molecule has 1 amide bonds. The fraction of sp³-hybridized carbons (Fsp3) is 0.389. The number of likely N-dealkylation sites (tertiary alicyclic amines) is 1. The highest BCUT2D eigenvalue weighted by atomic mass is 16.7. The van der Waals surface area contributed by atoms with Crippen LogP contribution in [0.3, 0.4) is 0 Å². The van der Waals surface area contributed by atoms with Gasteiger partial charge in [-0.1, -0.05) is 6.07 Å². The number of aromatic nitrogens is 1. The van der Waals surface area contributed by atoms with Crippen LogP contribution in [0.4, 0.5) is 0 Å². The predicted octanol–water partition coefficient (Wildman–Crippen LogP) is 3.04. The summed E-state index contributed by atoms with van der Waals surface area (Å²) in [7, 11) is 0. The van der Waals surface area contributed by atoms with Crippen LogP contribution in [0.15, 0.2) is 36.5 Å². The lowest BCUT2D eigenvalue weighted by molar-refractivity contribution is -0.132. The molecule has 0 aliphatic carbocycles. The highest BCUT2D eigenvalue weighted by Crippen LogP contribution is 2.34. The van der Waals surface area contributed by atoms with Crippen molar-refractivity contribution >= 4 is 5.91 Å². The van der Waals surface area contributed by atoms with E-state index in [-0.39, 0.29) is 18.7 Å². The van der Waals surface area contributed by atoms with Gasteiger partial charge in [-0.15, -0.1) is 0 Å². The molecule has 4 rings (SSSR count). The van der Waals surface area contributed by atoms with Crippen molar-refractivity contribution in [1.82, 2.24) is 9.88 Å². The van der Waals surface area contributed by atoms with E-state index < -0.39 is 0 Å². The van der Waals surface area contributed by atoms with Crippen LogP contribution in [0, 0.1) is 0 Å². The zero-order valence-corrected chi connectivity index (χ0v) is 13.0. The first-order chi connectivity index (χ1) is 11.3. The molecule has 23 heavy (non-hydrogen) atoms. The molecular weight excluding hydrogens is 292 g/mol. The third kappa shape index (κ3) is 2.79. The van der Waals surface area contributed by atoms with Crippen molar-refractivity contribution in [3.05, 3.63) is 47.8 Å². The monoisotopic (exact) mass is 312 g/mol. The molecule has 1 aromatic carbocycles. The number of nitrogens with one attached hydrogen (secondary N) is 1. The van der Waals surface area contributed by atoms with Gasteiger partial charge in [-0.3, -0.25) is 4.79 Å². The van der Waals surface area contributed by atoms with Crippen LogP contribution in [0.25, 0.3) is 0 Å². The maximum absolute atomic E-state index is 12.6. The van der Waals surface area contributed by atoms with Crippen molar-refractivity contribution in [2.45, 2.75) is 31.7 Å². The fourth-order valence-corrected chi connectivity index (χ4v) is 3.43. The Morgan fingerprint density at radius 3 is 3.04 bits per heavy atom. The minimum absolute atomic E-state index is 0.203. The number of H-pyrrole nitrogens is 1. The number of rotatable bonds is 4. The number of benzene rings is 1. The van der Waals surface area contributed by atoms with Crippen LogP contribution in [-0.4, -0.2) is 29.1 Å². The molecule has 1 atom stereocenters. The van der Waals surface area contributed by atoms with Gasteiger partial charge in [0.15, 0.2) is 11.5 Å². The summed E-state index contributed by atoms with van der Waals surface area (Å²) in [6, 6.07) is 10.2. The van der Waals surface area contributed by atoms with Crippen molar-refractivity contribution in [3.8, 4) is 11.5 Å². The van der Waals surface area contributed by atoms with Crippen LogP contribution in [0.2, 0.25) is 0 Å². The normalized spacial score (nSPS) is 19.3. The Kier molecular flexibility index (Phi) is 3.69. The van der Waals surface area contributed by atoms with E-state index in [1.165, 1.54) is 0 Å². The average molecular weight is 312 g/mol. The van der Waals surface area contributed by atoms with Crippen molar-refractivity contribution in [1.29, 1.82) is 0 Å². The molecule has 0 unspecified atom stereocenters. The van der Waals surface area contributed by atoms with Gasteiger partial charge in [0.2, 0.25) is 12.7 Å². The number of nitrogens with zero attached hydrogens (tertiary/aromatic N) is 1. The van der Waals surface area contributed by atoms with Gasteiger partial charge in [-0.05, 0) is 49.1 Å². The van der Waals surface area contributed by atoms with Gasteiger partial charge in [0.05, 0.1) is 6.04 Å². The van der Waals surface area contributed by atoms with E-state index in [1.807, 2.05) is 35.4 Å². The van der Waals surface area contributed by atoms with Crippen molar-refractivity contribution in [2.75, 3.05) is 13.3 Å². The Labute approximate surface area is 135 Å². The SMILES string of the molecule is O=C(CCc1ccc2c(c1)OCO2)N1CCC[C@H]1c1ccc[nH]1. The first-order valence-electron chi connectivity index (χ1n) is 8.12. The minimum atomic E-state index is 0.203. The summed E-state index contributed by atoms with van der Waals surface area (Å²) in [5, 5.41) is 0. The number of aromatic amines is 1. The van der Waals surface area contributed by atoms with Gasteiger partial charge in [0.1, 0.15) is 0 Å². The molecule has 120 valence electrons. The van der Waals surface area contributed by atoms with Crippen LogP contribution >= 0.6 is 0 Å². The smallest absolute Gasteiger partial charge is 0.231 e. The second kappa shape index (κ2) is 5.99. The van der Waals surface area contributed by atoms with E-state index in [2.05, 4.69) is 11.1 Å². The number of fused-ring (bicyclic) bond motifs is 1. The summed E-state index contributed by atoms with van der Waals surface area (Å²) < 4.78 is 10.7. The summed E-state index contributed by atoms with van der Waals surface area (Å²) in [5.74, 6) is 1.78. The molecule has 0 spiro atoms. The molecule has 1 aromatic heterocycles. The molecular formula is C18H20N2O3. The van der Waals surface area contributed by atoms with E-state index in [4.69, 9.17) is 9.47 Å². The van der Waals surface area contributed by atoms with Crippen LogP contribution in [0.1, 0.15) is 36.6 Å². The third-order valence-electron chi connectivity index (χ3n) is 4.62. The van der Waals surface area contributed by atoms with Crippen LogP contribution < -0.4 is 9.47 Å². The third-order valence-corrected chi connectivity index (χ3v) is 4.62. The van der Waals surface area contributed by atoms with Gasteiger partial charge in [-0.2, -0.15) is 0 Å². The predicted molar refractivity (Wildman–Crippen MR) is 85.4 cm³/mol.